The number of amides is 1. The molecule has 2 aliphatic heterocycles. The van der Waals surface area contributed by atoms with Gasteiger partial charge in [-0.25, -0.2) is 0 Å². The number of aryl methyl sites for hydroxylation is 1. The molecule has 0 aliphatic carbocycles. The number of aliphatic hydroxyl groups excluding tert-OH is 1. The fourth-order valence-electron chi connectivity index (χ4n) is 4.85. The third-order valence-electron chi connectivity index (χ3n) is 6.15. The van der Waals surface area contributed by atoms with E-state index in [1.54, 1.807) is 13.1 Å². The van der Waals surface area contributed by atoms with Crippen molar-refractivity contribution in [1.82, 2.24) is 0 Å². The van der Waals surface area contributed by atoms with Crippen molar-refractivity contribution in [3.8, 4) is 0 Å². The summed E-state index contributed by atoms with van der Waals surface area (Å²) < 4.78 is 21.0. The van der Waals surface area contributed by atoms with E-state index in [0.717, 1.165) is 31.5 Å². The summed E-state index contributed by atoms with van der Waals surface area (Å²) in [5, 5.41) is 9.31. The molecular formula is C21H32FNO3Si. The zero-order valence-corrected chi connectivity index (χ0v) is 17.7. The van der Waals surface area contributed by atoms with Crippen LogP contribution in [0.5, 0.6) is 0 Å². The third kappa shape index (κ3) is 4.61. The maximum atomic E-state index is 14.8. The van der Waals surface area contributed by atoms with E-state index in [2.05, 4.69) is 19.1 Å². The standard InChI is InChI=1S/C21H32FNO3Si/c1-15-18(26-19(12-14-24)21(15)27(2,3)22)11-8-16-6-9-17(10-7-16)23-13-4-5-20(23)25/h6-7,9-10,15,18-19,21,24H,4-5,8,11-14H2,1-3H3/t15-,18+,19-,21+/m1/s1. The maximum Gasteiger partial charge on any atom is 0.246 e. The molecule has 1 aromatic rings. The van der Waals surface area contributed by atoms with Crippen molar-refractivity contribution in [3.05, 3.63) is 29.8 Å². The lowest BCUT2D eigenvalue weighted by molar-refractivity contribution is -0.117. The summed E-state index contributed by atoms with van der Waals surface area (Å²) >= 11 is 0. The lowest BCUT2D eigenvalue weighted by Crippen LogP contribution is -2.36. The van der Waals surface area contributed by atoms with Crippen LogP contribution in [0.1, 0.15) is 38.2 Å². The number of halogens is 1. The van der Waals surface area contributed by atoms with Gasteiger partial charge in [-0.15, -0.1) is 0 Å². The van der Waals surface area contributed by atoms with Crippen LogP contribution in [0.3, 0.4) is 0 Å². The molecule has 0 bridgehead atoms. The molecule has 3 rings (SSSR count). The van der Waals surface area contributed by atoms with E-state index in [0.29, 0.717) is 12.8 Å². The molecular weight excluding hydrogens is 361 g/mol. The van der Waals surface area contributed by atoms with Crippen LogP contribution in [0.2, 0.25) is 18.6 Å². The summed E-state index contributed by atoms with van der Waals surface area (Å²) in [7, 11) is -2.84. The SMILES string of the molecule is C[C@H]1[C@H]([Si](C)(C)F)[C@@H](CCO)O[C@H]1CCc1ccc(N2CCCC2=O)cc1. The van der Waals surface area contributed by atoms with Gasteiger partial charge in [0.05, 0.1) is 12.2 Å². The molecule has 2 saturated heterocycles. The molecule has 0 saturated carbocycles. The van der Waals surface area contributed by atoms with E-state index < -0.39 is 8.41 Å². The van der Waals surface area contributed by atoms with Crippen LogP contribution in [0.4, 0.5) is 9.80 Å². The van der Waals surface area contributed by atoms with Crippen LogP contribution in [0.25, 0.3) is 0 Å². The average Bonchev–Trinajstić information content (AvgIpc) is 3.17. The summed E-state index contributed by atoms with van der Waals surface area (Å²) in [5.41, 5.74) is 2.12. The molecule has 1 aromatic carbocycles. The van der Waals surface area contributed by atoms with Crippen LogP contribution >= 0.6 is 0 Å². The highest BCUT2D eigenvalue weighted by molar-refractivity contribution is 6.72. The Hall–Kier alpha value is -1.24. The van der Waals surface area contributed by atoms with E-state index in [9.17, 15) is 14.0 Å². The number of hydrogen-bond donors (Lipinski definition) is 1. The Morgan fingerprint density at radius 1 is 1.22 bits per heavy atom. The van der Waals surface area contributed by atoms with Crippen molar-refractivity contribution in [3.63, 3.8) is 0 Å². The van der Waals surface area contributed by atoms with Gasteiger partial charge in [-0.05, 0) is 62.4 Å². The molecule has 0 spiro atoms. The zero-order chi connectivity index (χ0) is 19.6. The molecule has 1 amide bonds. The van der Waals surface area contributed by atoms with Gasteiger partial charge in [-0.1, -0.05) is 19.1 Å². The Morgan fingerprint density at radius 3 is 2.48 bits per heavy atom. The van der Waals surface area contributed by atoms with Gasteiger partial charge in [0.25, 0.3) is 0 Å². The molecule has 4 atom stereocenters. The second-order valence-electron chi connectivity index (χ2n) is 8.53. The van der Waals surface area contributed by atoms with Crippen molar-refractivity contribution >= 4 is 20.0 Å². The first-order valence-electron chi connectivity index (χ1n) is 10.2. The number of carbonyl (C=O) groups is 1. The van der Waals surface area contributed by atoms with Crippen molar-refractivity contribution < 1.29 is 18.7 Å². The van der Waals surface area contributed by atoms with Gasteiger partial charge in [-0.2, -0.15) is 0 Å². The Labute approximate surface area is 162 Å². The number of nitrogens with zero attached hydrogens (tertiary/aromatic N) is 1. The largest absolute Gasteiger partial charge is 0.396 e. The van der Waals surface area contributed by atoms with Crippen LogP contribution in [0.15, 0.2) is 24.3 Å². The second-order valence-corrected chi connectivity index (χ2v) is 12.3. The molecule has 1 N–H and O–H groups in total. The molecule has 150 valence electrons. The van der Waals surface area contributed by atoms with Crippen LogP contribution in [-0.2, 0) is 16.0 Å². The Kier molecular flexibility index (Phi) is 6.38. The van der Waals surface area contributed by atoms with E-state index >= 15 is 0 Å². The predicted octanol–water partition coefficient (Wildman–Crippen LogP) is 4.08. The maximum absolute atomic E-state index is 14.8. The van der Waals surface area contributed by atoms with E-state index in [-0.39, 0.29) is 36.2 Å². The first kappa shape index (κ1) is 20.5. The quantitative estimate of drug-likeness (QED) is 0.561. The first-order valence-corrected chi connectivity index (χ1v) is 13.1. The van der Waals surface area contributed by atoms with Crippen LogP contribution in [0, 0.1) is 5.92 Å². The molecule has 0 unspecified atom stereocenters. The number of carbonyl (C=O) groups excluding carboxylic acids is 1. The smallest absolute Gasteiger partial charge is 0.246 e. The fraction of sp³-hybridized carbons (Fsp3) is 0.667. The normalized spacial score (nSPS) is 28.9. The van der Waals surface area contributed by atoms with Gasteiger partial charge >= 0.3 is 0 Å². The van der Waals surface area contributed by atoms with Gasteiger partial charge < -0.3 is 18.9 Å². The number of rotatable bonds is 7. The summed E-state index contributed by atoms with van der Waals surface area (Å²) in [6.45, 7) is 6.46. The van der Waals surface area contributed by atoms with Gasteiger partial charge in [0.15, 0.2) is 0 Å². The highest BCUT2D eigenvalue weighted by Gasteiger charge is 2.50. The van der Waals surface area contributed by atoms with Crippen molar-refractivity contribution in [1.29, 1.82) is 0 Å². The molecule has 2 fully saturated rings. The fourth-order valence-corrected chi connectivity index (χ4v) is 7.44. The third-order valence-corrected chi connectivity index (χ3v) is 8.63. The number of ether oxygens (including phenoxy) is 1. The first-order chi connectivity index (χ1) is 12.8. The highest BCUT2D eigenvalue weighted by Crippen LogP contribution is 2.46. The molecule has 2 heterocycles. The van der Waals surface area contributed by atoms with Crippen LogP contribution in [-0.4, -0.2) is 44.8 Å². The molecule has 0 radical (unpaired) electrons. The summed E-state index contributed by atoms with van der Waals surface area (Å²) in [6.07, 6.45) is 3.69. The topological polar surface area (TPSA) is 49.8 Å². The van der Waals surface area contributed by atoms with E-state index in [1.165, 1.54) is 5.56 Å². The summed E-state index contributed by atoms with van der Waals surface area (Å²) in [6, 6.07) is 8.20. The minimum atomic E-state index is -2.84. The molecule has 27 heavy (non-hydrogen) atoms. The van der Waals surface area contributed by atoms with Crippen molar-refractivity contribution in [2.24, 2.45) is 5.92 Å². The van der Waals surface area contributed by atoms with Gasteiger partial charge in [-0.3, -0.25) is 4.79 Å². The molecule has 2 aliphatic rings. The Balaban J connectivity index is 1.60. The second kappa shape index (κ2) is 8.41. The molecule has 0 aromatic heterocycles. The highest BCUT2D eigenvalue weighted by atomic mass is 28.4. The van der Waals surface area contributed by atoms with Crippen LogP contribution < -0.4 is 4.90 Å². The lowest BCUT2D eigenvalue weighted by Gasteiger charge is -2.28. The number of aliphatic hydroxyl groups is 1. The summed E-state index contributed by atoms with van der Waals surface area (Å²) in [5.74, 6) is 0.379. The zero-order valence-electron chi connectivity index (χ0n) is 16.7. The van der Waals surface area contributed by atoms with Gasteiger partial charge in [0.1, 0.15) is 0 Å². The number of benzene rings is 1. The van der Waals surface area contributed by atoms with Gasteiger partial charge in [0.2, 0.25) is 14.3 Å². The molecule has 4 nitrogen and oxygen atoms in total. The minimum absolute atomic E-state index is 0.0360. The lowest BCUT2D eigenvalue weighted by atomic mass is 9.95. The van der Waals surface area contributed by atoms with E-state index in [4.69, 9.17) is 4.74 Å². The number of hydrogen-bond acceptors (Lipinski definition) is 3. The van der Waals surface area contributed by atoms with Crippen molar-refractivity contribution in [2.45, 2.75) is 69.9 Å². The number of anilines is 1. The Bertz CT molecular complexity index is 646. The molecule has 6 heteroatoms. The van der Waals surface area contributed by atoms with Gasteiger partial charge in [0, 0.05) is 30.8 Å². The summed E-state index contributed by atoms with van der Waals surface area (Å²) in [4.78, 5) is 13.7. The predicted molar refractivity (Wildman–Crippen MR) is 108 cm³/mol. The Morgan fingerprint density at radius 2 is 1.93 bits per heavy atom. The monoisotopic (exact) mass is 393 g/mol. The van der Waals surface area contributed by atoms with E-state index in [1.807, 2.05) is 17.0 Å². The van der Waals surface area contributed by atoms with Crippen molar-refractivity contribution in [2.75, 3.05) is 18.1 Å². The average molecular weight is 394 g/mol. The minimum Gasteiger partial charge on any atom is -0.396 e.